The number of carbonyl (C=O) groups excluding carboxylic acids is 3. The predicted octanol–water partition coefficient (Wildman–Crippen LogP) is 3.89. The number of hydrazine groups is 1. The summed E-state index contributed by atoms with van der Waals surface area (Å²) in [5.41, 5.74) is 4.40. The van der Waals surface area contributed by atoms with Gasteiger partial charge in [-0.05, 0) is 23.6 Å². The van der Waals surface area contributed by atoms with Crippen molar-refractivity contribution in [1.29, 1.82) is 0 Å². The van der Waals surface area contributed by atoms with E-state index in [1.54, 1.807) is 35.7 Å². The summed E-state index contributed by atoms with van der Waals surface area (Å²) in [5.74, 6) is -1.86. The number of fused-ring (bicyclic) bond motifs is 1. The molecule has 0 radical (unpaired) electrons. The molecule has 0 bridgehead atoms. The highest BCUT2D eigenvalue weighted by molar-refractivity contribution is 7.21. The summed E-state index contributed by atoms with van der Waals surface area (Å²) in [4.78, 5) is 36.2. The Kier molecular flexibility index (Phi) is 5.77. The number of nitrogens with one attached hydrogen (secondary N) is 2. The number of esters is 1. The lowest BCUT2D eigenvalue weighted by Crippen LogP contribution is -2.43. The van der Waals surface area contributed by atoms with Gasteiger partial charge in [-0.2, -0.15) is 0 Å². The summed E-state index contributed by atoms with van der Waals surface area (Å²) >= 11 is 14.5. The molecular formula is C16H10Cl2N2O4S2. The number of amides is 2. The molecule has 0 spiro atoms. The summed E-state index contributed by atoms with van der Waals surface area (Å²) in [6.45, 7) is -0.561. The number of ether oxygens (including phenoxy) is 1. The molecule has 134 valence electrons. The van der Waals surface area contributed by atoms with Gasteiger partial charge in [0.15, 0.2) is 6.61 Å². The van der Waals surface area contributed by atoms with Crippen LogP contribution in [0, 0.1) is 0 Å². The van der Waals surface area contributed by atoms with E-state index in [-0.39, 0.29) is 9.90 Å². The first-order valence-corrected chi connectivity index (χ1v) is 9.58. The second-order valence-corrected chi connectivity index (χ2v) is 7.76. The quantitative estimate of drug-likeness (QED) is 0.487. The maximum absolute atomic E-state index is 12.2. The molecule has 3 aromatic rings. The lowest BCUT2D eigenvalue weighted by molar-refractivity contribution is -0.125. The van der Waals surface area contributed by atoms with Gasteiger partial charge >= 0.3 is 5.97 Å². The van der Waals surface area contributed by atoms with Crippen LogP contribution in [0.2, 0.25) is 10.0 Å². The van der Waals surface area contributed by atoms with E-state index in [1.807, 2.05) is 0 Å². The van der Waals surface area contributed by atoms with Crippen LogP contribution in [0.4, 0.5) is 0 Å². The van der Waals surface area contributed by atoms with Crippen molar-refractivity contribution >= 4 is 73.7 Å². The fourth-order valence-corrected chi connectivity index (χ4v) is 4.30. The van der Waals surface area contributed by atoms with Crippen molar-refractivity contribution < 1.29 is 19.1 Å². The normalized spacial score (nSPS) is 10.5. The Balaban J connectivity index is 1.56. The number of carbonyl (C=O) groups is 3. The monoisotopic (exact) mass is 428 g/mol. The zero-order valence-corrected chi connectivity index (χ0v) is 16.0. The summed E-state index contributed by atoms with van der Waals surface area (Å²) in [6, 6.07) is 8.39. The summed E-state index contributed by atoms with van der Waals surface area (Å²) in [7, 11) is 0. The van der Waals surface area contributed by atoms with E-state index < -0.39 is 24.4 Å². The molecule has 2 amide bonds. The Morgan fingerprint density at radius 1 is 1.12 bits per heavy atom. The fraction of sp³-hybridized carbons (Fsp3) is 0.0625. The molecule has 0 aliphatic carbocycles. The van der Waals surface area contributed by atoms with E-state index in [0.717, 1.165) is 16.0 Å². The van der Waals surface area contributed by atoms with Crippen molar-refractivity contribution in [3.63, 3.8) is 0 Å². The Bertz CT molecular complexity index is 986. The number of thiophene rings is 2. The molecular weight excluding hydrogens is 419 g/mol. The third kappa shape index (κ3) is 4.16. The SMILES string of the molecule is O=C(COC(=O)c1sc2cc(Cl)ccc2c1Cl)NNC(=O)c1cccs1. The first kappa shape index (κ1) is 18.7. The smallest absolute Gasteiger partial charge is 0.350 e. The van der Waals surface area contributed by atoms with Gasteiger partial charge in [0.05, 0.1) is 9.90 Å². The van der Waals surface area contributed by atoms with Gasteiger partial charge < -0.3 is 4.74 Å². The van der Waals surface area contributed by atoms with Crippen molar-refractivity contribution in [2.45, 2.75) is 0 Å². The third-order valence-corrected chi connectivity index (χ3v) is 5.91. The number of hydrogen-bond donors (Lipinski definition) is 2. The molecule has 3 rings (SSSR count). The van der Waals surface area contributed by atoms with Crippen molar-refractivity contribution in [3.05, 3.63) is 55.5 Å². The highest BCUT2D eigenvalue weighted by Crippen LogP contribution is 2.37. The molecule has 10 heteroatoms. The molecule has 6 nitrogen and oxygen atoms in total. The van der Waals surface area contributed by atoms with Crippen LogP contribution >= 0.6 is 45.9 Å². The van der Waals surface area contributed by atoms with Crippen molar-refractivity contribution in [3.8, 4) is 0 Å². The van der Waals surface area contributed by atoms with Gasteiger partial charge in [-0.25, -0.2) is 4.79 Å². The Hall–Kier alpha value is -2.13. The Labute approximate surface area is 165 Å². The molecule has 0 unspecified atom stereocenters. The average molecular weight is 429 g/mol. The average Bonchev–Trinajstić information content (AvgIpc) is 3.26. The van der Waals surface area contributed by atoms with Crippen LogP contribution in [-0.4, -0.2) is 24.4 Å². The number of halogens is 2. The maximum atomic E-state index is 12.2. The Morgan fingerprint density at radius 3 is 2.65 bits per heavy atom. The van der Waals surface area contributed by atoms with Crippen LogP contribution in [0.1, 0.15) is 19.3 Å². The number of benzene rings is 1. The van der Waals surface area contributed by atoms with Crippen LogP contribution in [-0.2, 0) is 9.53 Å². The van der Waals surface area contributed by atoms with Crippen LogP contribution < -0.4 is 10.9 Å². The zero-order valence-electron chi connectivity index (χ0n) is 12.9. The lowest BCUT2D eigenvalue weighted by Gasteiger charge is -2.06. The Morgan fingerprint density at radius 2 is 1.92 bits per heavy atom. The molecule has 0 aliphatic rings. The van der Waals surface area contributed by atoms with Gasteiger partial charge in [-0.15, -0.1) is 22.7 Å². The van der Waals surface area contributed by atoms with E-state index in [1.165, 1.54) is 11.3 Å². The van der Waals surface area contributed by atoms with E-state index in [9.17, 15) is 14.4 Å². The molecule has 0 aliphatic heterocycles. The van der Waals surface area contributed by atoms with Crippen LogP contribution in [0.25, 0.3) is 10.1 Å². The third-order valence-electron chi connectivity index (χ3n) is 3.17. The summed E-state index contributed by atoms with van der Waals surface area (Å²) in [6.07, 6.45) is 0. The minimum atomic E-state index is -0.730. The minimum absolute atomic E-state index is 0.180. The molecule has 0 fully saturated rings. The van der Waals surface area contributed by atoms with Crippen molar-refractivity contribution in [2.75, 3.05) is 6.61 Å². The van der Waals surface area contributed by atoms with Crippen LogP contribution in [0.15, 0.2) is 35.7 Å². The van der Waals surface area contributed by atoms with Gasteiger partial charge in [0, 0.05) is 15.1 Å². The summed E-state index contributed by atoms with van der Waals surface area (Å²) < 4.78 is 5.68. The van der Waals surface area contributed by atoms with E-state index in [0.29, 0.717) is 15.3 Å². The van der Waals surface area contributed by atoms with E-state index in [4.69, 9.17) is 27.9 Å². The second kappa shape index (κ2) is 8.05. The molecule has 0 saturated heterocycles. The lowest BCUT2D eigenvalue weighted by atomic mass is 10.2. The summed E-state index contributed by atoms with van der Waals surface area (Å²) in [5, 5.41) is 3.19. The van der Waals surface area contributed by atoms with Crippen molar-refractivity contribution in [1.82, 2.24) is 10.9 Å². The first-order chi connectivity index (χ1) is 12.5. The van der Waals surface area contributed by atoms with Gasteiger partial charge in [0.1, 0.15) is 4.88 Å². The largest absolute Gasteiger partial charge is 0.451 e. The van der Waals surface area contributed by atoms with Gasteiger partial charge in [0.2, 0.25) is 0 Å². The second-order valence-electron chi connectivity index (χ2n) is 4.94. The number of rotatable bonds is 4. The standard InChI is InChI=1S/C16H10Cl2N2O4S2/c17-8-3-4-9-11(6-8)26-14(13(9)18)16(23)24-7-12(21)19-20-15(22)10-2-1-5-25-10/h1-6H,7H2,(H,19,21)(H,20,22). The van der Waals surface area contributed by atoms with E-state index >= 15 is 0 Å². The highest BCUT2D eigenvalue weighted by Gasteiger charge is 2.20. The molecule has 0 atom stereocenters. The van der Waals surface area contributed by atoms with Crippen LogP contribution in [0.5, 0.6) is 0 Å². The maximum Gasteiger partial charge on any atom is 0.350 e. The topological polar surface area (TPSA) is 84.5 Å². The molecule has 2 heterocycles. The highest BCUT2D eigenvalue weighted by atomic mass is 35.5. The van der Waals surface area contributed by atoms with Gasteiger partial charge in [-0.3, -0.25) is 20.4 Å². The molecule has 2 aromatic heterocycles. The van der Waals surface area contributed by atoms with Crippen LogP contribution in [0.3, 0.4) is 0 Å². The predicted molar refractivity (Wildman–Crippen MR) is 102 cm³/mol. The number of hydrogen-bond acceptors (Lipinski definition) is 6. The fourth-order valence-electron chi connectivity index (χ4n) is 2.00. The first-order valence-electron chi connectivity index (χ1n) is 7.13. The van der Waals surface area contributed by atoms with Crippen molar-refractivity contribution in [2.24, 2.45) is 0 Å². The van der Waals surface area contributed by atoms with Gasteiger partial charge in [0.25, 0.3) is 11.8 Å². The molecule has 1 aromatic carbocycles. The zero-order chi connectivity index (χ0) is 18.7. The molecule has 0 saturated carbocycles. The van der Waals surface area contributed by atoms with E-state index in [2.05, 4.69) is 10.9 Å². The minimum Gasteiger partial charge on any atom is -0.451 e. The molecule has 26 heavy (non-hydrogen) atoms. The van der Waals surface area contributed by atoms with Gasteiger partial charge in [-0.1, -0.05) is 35.3 Å². The molecule has 2 N–H and O–H groups in total.